The van der Waals surface area contributed by atoms with Gasteiger partial charge in [-0.3, -0.25) is 4.79 Å². The van der Waals surface area contributed by atoms with Crippen LogP contribution in [0.3, 0.4) is 0 Å². The zero-order valence-electron chi connectivity index (χ0n) is 12.9. The molecule has 1 amide bonds. The number of aryl methyl sites for hydroxylation is 1. The van der Waals surface area contributed by atoms with Crippen molar-refractivity contribution in [1.29, 1.82) is 0 Å². The zero-order valence-corrected chi connectivity index (χ0v) is 12.9. The topological polar surface area (TPSA) is 38.3 Å². The van der Waals surface area contributed by atoms with Crippen molar-refractivity contribution in [2.45, 2.75) is 26.0 Å². The number of carbonyl (C=O) groups excluding carboxylic acids is 1. The molecule has 122 valence electrons. The summed E-state index contributed by atoms with van der Waals surface area (Å²) in [5.74, 6) is -1.91. The predicted octanol–water partition coefficient (Wildman–Crippen LogP) is 3.36. The second-order valence-corrected chi connectivity index (χ2v) is 5.23. The predicted molar refractivity (Wildman–Crippen MR) is 83.7 cm³/mol. The smallest absolute Gasteiger partial charge is 0.220 e. The van der Waals surface area contributed by atoms with Crippen molar-refractivity contribution in [2.75, 3.05) is 7.11 Å². The molecule has 0 aromatic heterocycles. The molecule has 0 unspecified atom stereocenters. The summed E-state index contributed by atoms with van der Waals surface area (Å²) in [7, 11) is 1.62. The van der Waals surface area contributed by atoms with Gasteiger partial charge in [-0.1, -0.05) is 30.3 Å². The number of amides is 1. The van der Waals surface area contributed by atoms with Crippen molar-refractivity contribution in [1.82, 2.24) is 5.32 Å². The number of rotatable bonds is 7. The van der Waals surface area contributed by atoms with Crippen molar-refractivity contribution in [3.05, 3.63) is 70.8 Å². The van der Waals surface area contributed by atoms with E-state index < -0.39 is 11.6 Å². The summed E-state index contributed by atoms with van der Waals surface area (Å²) < 4.78 is 31.1. The lowest BCUT2D eigenvalue weighted by Gasteiger charge is -2.10. The van der Waals surface area contributed by atoms with Crippen LogP contribution in [0.2, 0.25) is 0 Å². The Labute approximate surface area is 134 Å². The fourth-order valence-electron chi connectivity index (χ4n) is 2.26. The Morgan fingerprint density at radius 3 is 2.52 bits per heavy atom. The molecule has 23 heavy (non-hydrogen) atoms. The van der Waals surface area contributed by atoms with Crippen LogP contribution in [-0.2, 0) is 29.1 Å². The molecule has 0 fully saturated rings. The molecule has 2 aromatic rings. The van der Waals surface area contributed by atoms with E-state index >= 15 is 0 Å². The molecule has 0 aliphatic rings. The molecule has 0 saturated carbocycles. The van der Waals surface area contributed by atoms with Crippen molar-refractivity contribution in [3.63, 3.8) is 0 Å². The van der Waals surface area contributed by atoms with Gasteiger partial charge in [-0.25, -0.2) is 8.78 Å². The molecule has 2 rings (SSSR count). The number of carbonyl (C=O) groups is 1. The average molecular weight is 319 g/mol. The second-order valence-electron chi connectivity index (χ2n) is 5.23. The molecule has 0 atom stereocenters. The third kappa shape index (κ3) is 5.14. The summed E-state index contributed by atoms with van der Waals surface area (Å²) in [5, 5.41) is 2.83. The summed E-state index contributed by atoms with van der Waals surface area (Å²) in [5.41, 5.74) is 2.62. The lowest BCUT2D eigenvalue weighted by Crippen LogP contribution is -2.23. The average Bonchev–Trinajstić information content (AvgIpc) is 2.55. The van der Waals surface area contributed by atoms with Crippen LogP contribution in [0, 0.1) is 11.6 Å². The van der Waals surface area contributed by atoms with E-state index in [1.165, 1.54) is 6.07 Å². The van der Waals surface area contributed by atoms with Gasteiger partial charge in [-0.15, -0.1) is 0 Å². The lowest BCUT2D eigenvalue weighted by atomic mass is 10.1. The van der Waals surface area contributed by atoms with Gasteiger partial charge < -0.3 is 10.1 Å². The molecule has 0 aliphatic heterocycles. The highest BCUT2D eigenvalue weighted by Crippen LogP contribution is 2.11. The molecule has 2 aromatic carbocycles. The standard InChI is InChI=1S/C18H19F2NO2/c1-23-12-15-5-3-2-4-14(15)11-21-18(22)9-7-13-6-8-16(19)17(20)10-13/h2-6,8,10H,7,9,11-12H2,1H3,(H,21,22). The minimum Gasteiger partial charge on any atom is -0.380 e. The Kier molecular flexibility index (Phi) is 6.23. The third-order valence-electron chi connectivity index (χ3n) is 3.52. The zero-order chi connectivity index (χ0) is 16.7. The van der Waals surface area contributed by atoms with Crippen LogP contribution < -0.4 is 5.32 Å². The lowest BCUT2D eigenvalue weighted by molar-refractivity contribution is -0.121. The quantitative estimate of drug-likeness (QED) is 0.850. The Morgan fingerprint density at radius 1 is 1.09 bits per heavy atom. The summed E-state index contributed by atoms with van der Waals surface area (Å²) in [6.07, 6.45) is 0.584. The van der Waals surface area contributed by atoms with Crippen LogP contribution >= 0.6 is 0 Å². The van der Waals surface area contributed by atoms with Crippen molar-refractivity contribution < 1.29 is 18.3 Å². The number of halogens is 2. The van der Waals surface area contributed by atoms with E-state index in [0.29, 0.717) is 25.1 Å². The van der Waals surface area contributed by atoms with Crippen LogP contribution in [0.1, 0.15) is 23.1 Å². The second kappa shape index (κ2) is 8.39. The monoisotopic (exact) mass is 319 g/mol. The molecule has 0 radical (unpaired) electrons. The molecule has 0 spiro atoms. The van der Waals surface area contributed by atoms with E-state index in [-0.39, 0.29) is 12.3 Å². The van der Waals surface area contributed by atoms with E-state index in [2.05, 4.69) is 5.32 Å². The van der Waals surface area contributed by atoms with Gasteiger partial charge in [0.1, 0.15) is 0 Å². The number of hydrogen-bond donors (Lipinski definition) is 1. The molecular formula is C18H19F2NO2. The van der Waals surface area contributed by atoms with Gasteiger partial charge in [0.25, 0.3) is 0 Å². The van der Waals surface area contributed by atoms with Gasteiger partial charge >= 0.3 is 0 Å². The SMILES string of the molecule is COCc1ccccc1CNC(=O)CCc1ccc(F)c(F)c1. The van der Waals surface area contributed by atoms with Gasteiger partial charge in [-0.05, 0) is 35.2 Å². The Bertz CT molecular complexity index is 674. The normalized spacial score (nSPS) is 10.6. The first-order chi connectivity index (χ1) is 11.1. The number of methoxy groups -OCH3 is 1. The molecule has 0 saturated heterocycles. The Balaban J connectivity index is 1.84. The van der Waals surface area contributed by atoms with E-state index in [0.717, 1.165) is 23.3 Å². The van der Waals surface area contributed by atoms with Crippen LogP contribution in [-0.4, -0.2) is 13.0 Å². The van der Waals surface area contributed by atoms with Crippen molar-refractivity contribution in [2.24, 2.45) is 0 Å². The number of nitrogens with one attached hydrogen (secondary N) is 1. The largest absolute Gasteiger partial charge is 0.380 e. The van der Waals surface area contributed by atoms with E-state index in [1.54, 1.807) is 7.11 Å². The maximum atomic E-state index is 13.1. The summed E-state index contributed by atoms with van der Waals surface area (Å²) in [4.78, 5) is 11.9. The Morgan fingerprint density at radius 2 is 1.83 bits per heavy atom. The van der Waals surface area contributed by atoms with Gasteiger partial charge in [0.15, 0.2) is 11.6 Å². The van der Waals surface area contributed by atoms with E-state index in [9.17, 15) is 13.6 Å². The highest BCUT2D eigenvalue weighted by Gasteiger charge is 2.07. The molecule has 0 aliphatic carbocycles. The maximum Gasteiger partial charge on any atom is 0.220 e. The van der Waals surface area contributed by atoms with E-state index in [4.69, 9.17) is 4.74 Å². The number of ether oxygens (including phenoxy) is 1. The van der Waals surface area contributed by atoms with Crippen molar-refractivity contribution >= 4 is 5.91 Å². The van der Waals surface area contributed by atoms with Gasteiger partial charge in [0.2, 0.25) is 5.91 Å². The van der Waals surface area contributed by atoms with Crippen LogP contribution in [0.5, 0.6) is 0 Å². The molecule has 5 heteroatoms. The van der Waals surface area contributed by atoms with Gasteiger partial charge in [0.05, 0.1) is 6.61 Å². The number of hydrogen-bond acceptors (Lipinski definition) is 2. The summed E-state index contributed by atoms with van der Waals surface area (Å²) >= 11 is 0. The molecular weight excluding hydrogens is 300 g/mol. The number of benzene rings is 2. The molecule has 0 bridgehead atoms. The Hall–Kier alpha value is -2.27. The third-order valence-corrected chi connectivity index (χ3v) is 3.52. The summed E-state index contributed by atoms with van der Waals surface area (Å²) in [6.45, 7) is 0.900. The molecule has 0 heterocycles. The highest BCUT2D eigenvalue weighted by atomic mass is 19.2. The summed E-state index contributed by atoms with van der Waals surface area (Å²) in [6, 6.07) is 11.4. The highest BCUT2D eigenvalue weighted by molar-refractivity contribution is 5.76. The van der Waals surface area contributed by atoms with Crippen LogP contribution in [0.15, 0.2) is 42.5 Å². The molecule has 3 nitrogen and oxygen atoms in total. The minimum atomic E-state index is -0.892. The maximum absolute atomic E-state index is 13.1. The van der Waals surface area contributed by atoms with Crippen molar-refractivity contribution in [3.8, 4) is 0 Å². The minimum absolute atomic E-state index is 0.137. The van der Waals surface area contributed by atoms with Crippen LogP contribution in [0.25, 0.3) is 0 Å². The fraction of sp³-hybridized carbons (Fsp3) is 0.278. The molecule has 1 N–H and O–H groups in total. The van der Waals surface area contributed by atoms with E-state index in [1.807, 2.05) is 24.3 Å². The van der Waals surface area contributed by atoms with Crippen LogP contribution in [0.4, 0.5) is 8.78 Å². The van der Waals surface area contributed by atoms with Gasteiger partial charge in [0, 0.05) is 20.1 Å². The first kappa shape index (κ1) is 17.1. The first-order valence-corrected chi connectivity index (χ1v) is 7.36. The van der Waals surface area contributed by atoms with Gasteiger partial charge in [-0.2, -0.15) is 0 Å². The fourth-order valence-corrected chi connectivity index (χ4v) is 2.26. The first-order valence-electron chi connectivity index (χ1n) is 7.36.